The first-order chi connectivity index (χ1) is 6.59. The fraction of sp³-hybridized carbons (Fsp3) is 1.00. The zero-order valence-corrected chi connectivity index (χ0v) is 10.2. The highest BCUT2D eigenvalue weighted by Gasteiger charge is 2.21. The molecule has 0 aromatic heterocycles. The molecule has 14 heavy (non-hydrogen) atoms. The fourth-order valence-electron chi connectivity index (χ4n) is 2.11. The Morgan fingerprint density at radius 3 is 2.71 bits per heavy atom. The van der Waals surface area contributed by atoms with Gasteiger partial charge in [-0.2, -0.15) is 0 Å². The Morgan fingerprint density at radius 2 is 2.07 bits per heavy atom. The number of nitrogens with one attached hydrogen (secondary N) is 1. The smallest absolute Gasteiger partial charge is 0.0193 e. The van der Waals surface area contributed by atoms with Gasteiger partial charge in [-0.25, -0.2) is 0 Å². The van der Waals surface area contributed by atoms with Crippen LogP contribution in [0.4, 0.5) is 0 Å². The first kappa shape index (κ1) is 12.0. The molecule has 2 heteroatoms. The van der Waals surface area contributed by atoms with Gasteiger partial charge in [-0.15, -0.1) is 0 Å². The summed E-state index contributed by atoms with van der Waals surface area (Å²) in [5.41, 5.74) is 0. The van der Waals surface area contributed by atoms with Gasteiger partial charge in [0, 0.05) is 25.2 Å². The van der Waals surface area contributed by atoms with Crippen molar-refractivity contribution < 1.29 is 0 Å². The van der Waals surface area contributed by atoms with E-state index in [0.29, 0.717) is 6.04 Å². The summed E-state index contributed by atoms with van der Waals surface area (Å²) in [5, 5.41) is 3.52. The molecule has 0 spiro atoms. The minimum Gasteiger partial charge on any atom is -0.311 e. The van der Waals surface area contributed by atoms with E-state index in [1.165, 1.54) is 25.9 Å². The van der Waals surface area contributed by atoms with Crippen LogP contribution in [0.15, 0.2) is 0 Å². The van der Waals surface area contributed by atoms with Crippen LogP contribution in [0.3, 0.4) is 0 Å². The Hall–Kier alpha value is -0.0800. The summed E-state index contributed by atoms with van der Waals surface area (Å²) >= 11 is 0. The first-order valence-corrected chi connectivity index (χ1v) is 6.07. The monoisotopic (exact) mass is 198 g/mol. The van der Waals surface area contributed by atoms with Crippen molar-refractivity contribution in [2.45, 2.75) is 52.6 Å². The van der Waals surface area contributed by atoms with Crippen LogP contribution in [0, 0.1) is 5.92 Å². The van der Waals surface area contributed by atoms with Gasteiger partial charge in [0.15, 0.2) is 0 Å². The third-order valence-corrected chi connectivity index (χ3v) is 3.12. The second-order valence-corrected chi connectivity index (χ2v) is 5.19. The van der Waals surface area contributed by atoms with Crippen molar-refractivity contribution in [1.29, 1.82) is 0 Å². The van der Waals surface area contributed by atoms with Crippen LogP contribution >= 0.6 is 0 Å². The summed E-state index contributed by atoms with van der Waals surface area (Å²) in [5.74, 6) is 0.852. The molecule has 1 fully saturated rings. The molecule has 1 aliphatic heterocycles. The molecule has 2 atom stereocenters. The lowest BCUT2D eigenvalue weighted by Crippen LogP contribution is -2.54. The molecule has 2 unspecified atom stereocenters. The van der Waals surface area contributed by atoms with Crippen LogP contribution < -0.4 is 5.32 Å². The zero-order chi connectivity index (χ0) is 10.6. The van der Waals surface area contributed by atoms with E-state index in [9.17, 15) is 0 Å². The average Bonchev–Trinajstić information content (AvgIpc) is 2.10. The molecule has 1 rings (SSSR count). The van der Waals surface area contributed by atoms with E-state index in [1.807, 2.05) is 0 Å². The minimum atomic E-state index is 0.672. The van der Waals surface area contributed by atoms with Crippen LogP contribution in [0.25, 0.3) is 0 Å². The Morgan fingerprint density at radius 1 is 1.36 bits per heavy atom. The second-order valence-electron chi connectivity index (χ2n) is 5.19. The predicted molar refractivity (Wildman–Crippen MR) is 62.6 cm³/mol. The van der Waals surface area contributed by atoms with Crippen molar-refractivity contribution in [3.63, 3.8) is 0 Å². The third kappa shape index (κ3) is 3.97. The van der Waals surface area contributed by atoms with E-state index < -0.39 is 0 Å². The fourth-order valence-corrected chi connectivity index (χ4v) is 2.11. The summed E-state index contributed by atoms with van der Waals surface area (Å²) < 4.78 is 0. The van der Waals surface area contributed by atoms with Crippen molar-refractivity contribution in [2.24, 2.45) is 5.92 Å². The van der Waals surface area contributed by atoms with Crippen molar-refractivity contribution in [2.75, 3.05) is 19.6 Å². The molecule has 0 amide bonds. The molecule has 1 heterocycles. The molecule has 1 aliphatic rings. The van der Waals surface area contributed by atoms with Crippen molar-refractivity contribution in [3.8, 4) is 0 Å². The van der Waals surface area contributed by atoms with Gasteiger partial charge in [-0.1, -0.05) is 13.8 Å². The van der Waals surface area contributed by atoms with Crippen molar-refractivity contribution in [3.05, 3.63) is 0 Å². The Balaban J connectivity index is 2.20. The van der Waals surface area contributed by atoms with E-state index in [0.717, 1.165) is 18.5 Å². The van der Waals surface area contributed by atoms with Gasteiger partial charge in [-0.3, -0.25) is 4.90 Å². The lowest BCUT2D eigenvalue weighted by atomic mass is 10.1. The largest absolute Gasteiger partial charge is 0.311 e. The Kier molecular flexibility index (Phi) is 4.90. The lowest BCUT2D eigenvalue weighted by Gasteiger charge is -2.37. The number of piperazine rings is 1. The standard InChI is InChI=1S/C12H26N2/c1-10(2)6-5-7-14-9-11(3)13-8-12(14)4/h10-13H,5-9H2,1-4H3. The number of nitrogens with zero attached hydrogens (tertiary/aromatic N) is 1. The van der Waals surface area contributed by atoms with Gasteiger partial charge >= 0.3 is 0 Å². The lowest BCUT2D eigenvalue weighted by molar-refractivity contribution is 0.142. The van der Waals surface area contributed by atoms with E-state index in [-0.39, 0.29) is 0 Å². The van der Waals surface area contributed by atoms with Crippen LogP contribution in [0.1, 0.15) is 40.5 Å². The van der Waals surface area contributed by atoms with Crippen molar-refractivity contribution >= 4 is 0 Å². The molecule has 0 radical (unpaired) electrons. The average molecular weight is 198 g/mol. The summed E-state index contributed by atoms with van der Waals surface area (Å²) in [7, 11) is 0. The summed E-state index contributed by atoms with van der Waals surface area (Å²) in [4.78, 5) is 2.63. The van der Waals surface area contributed by atoms with Gasteiger partial charge in [0.1, 0.15) is 0 Å². The van der Waals surface area contributed by atoms with Crippen molar-refractivity contribution in [1.82, 2.24) is 10.2 Å². The second kappa shape index (κ2) is 5.72. The summed E-state index contributed by atoms with van der Waals surface area (Å²) in [6, 6.07) is 1.39. The van der Waals surface area contributed by atoms with E-state index in [2.05, 4.69) is 37.9 Å². The molecular formula is C12H26N2. The third-order valence-electron chi connectivity index (χ3n) is 3.12. The first-order valence-electron chi connectivity index (χ1n) is 6.07. The van der Waals surface area contributed by atoms with E-state index >= 15 is 0 Å². The molecule has 0 bridgehead atoms. The Bertz CT molecular complexity index is 156. The summed E-state index contributed by atoms with van der Waals surface area (Å²) in [6.07, 6.45) is 2.72. The topological polar surface area (TPSA) is 15.3 Å². The normalized spacial score (nSPS) is 29.8. The molecule has 2 nitrogen and oxygen atoms in total. The van der Waals surface area contributed by atoms with Gasteiger partial charge in [0.2, 0.25) is 0 Å². The number of rotatable bonds is 4. The molecule has 0 aliphatic carbocycles. The van der Waals surface area contributed by atoms with Gasteiger partial charge in [-0.05, 0) is 39.2 Å². The summed E-state index contributed by atoms with van der Waals surface area (Å²) in [6.45, 7) is 12.9. The van der Waals surface area contributed by atoms with E-state index in [1.54, 1.807) is 0 Å². The highest BCUT2D eigenvalue weighted by Crippen LogP contribution is 2.10. The molecular weight excluding hydrogens is 172 g/mol. The van der Waals surface area contributed by atoms with E-state index in [4.69, 9.17) is 0 Å². The number of hydrogen-bond donors (Lipinski definition) is 1. The van der Waals surface area contributed by atoms with Crippen LogP contribution in [0.5, 0.6) is 0 Å². The zero-order valence-electron chi connectivity index (χ0n) is 10.2. The number of hydrogen-bond acceptors (Lipinski definition) is 2. The maximum Gasteiger partial charge on any atom is 0.0193 e. The highest BCUT2D eigenvalue weighted by atomic mass is 15.2. The predicted octanol–water partition coefficient (Wildman–Crippen LogP) is 2.10. The molecule has 0 aromatic rings. The maximum atomic E-state index is 3.52. The minimum absolute atomic E-state index is 0.672. The highest BCUT2D eigenvalue weighted by molar-refractivity contribution is 4.81. The molecule has 1 N–H and O–H groups in total. The molecule has 0 aromatic carbocycles. The SMILES string of the molecule is CC(C)CCCN1CC(C)NCC1C. The van der Waals surface area contributed by atoms with Gasteiger partial charge in [0.05, 0.1) is 0 Å². The van der Waals surface area contributed by atoms with Crippen LogP contribution in [0.2, 0.25) is 0 Å². The maximum absolute atomic E-state index is 3.52. The van der Waals surface area contributed by atoms with Crippen LogP contribution in [-0.4, -0.2) is 36.6 Å². The van der Waals surface area contributed by atoms with Gasteiger partial charge < -0.3 is 5.32 Å². The molecule has 0 saturated carbocycles. The van der Waals surface area contributed by atoms with Gasteiger partial charge in [0.25, 0.3) is 0 Å². The van der Waals surface area contributed by atoms with Crippen LogP contribution in [-0.2, 0) is 0 Å². The molecule has 1 saturated heterocycles. The quantitative estimate of drug-likeness (QED) is 0.744. The Labute approximate surface area is 89.1 Å². The molecule has 84 valence electrons.